The van der Waals surface area contributed by atoms with Crippen LogP contribution in [-0.4, -0.2) is 41.6 Å². The molecule has 1 fully saturated rings. The summed E-state index contributed by atoms with van der Waals surface area (Å²) in [6.45, 7) is 6.18. The first-order valence-corrected chi connectivity index (χ1v) is 7.67. The zero-order valence-electron chi connectivity index (χ0n) is 11.8. The second-order valence-corrected chi connectivity index (χ2v) is 5.65. The van der Waals surface area contributed by atoms with Crippen molar-refractivity contribution >= 4 is 33.5 Å². The number of nitrogens with one attached hydrogen (secondary N) is 2. The lowest BCUT2D eigenvalue weighted by atomic mass is 10.1. The molecule has 0 radical (unpaired) electrons. The Hall–Kier alpha value is -1.37. The first kappa shape index (κ1) is 15.0. The summed E-state index contributed by atoms with van der Waals surface area (Å²) in [6, 6.07) is 0.276. The minimum absolute atomic E-state index is 0.0427. The van der Waals surface area contributed by atoms with E-state index < -0.39 is 0 Å². The average Bonchev–Trinajstić information content (AvgIpc) is 2.42. The molecule has 2 rings (SSSR count). The maximum absolute atomic E-state index is 11.1. The van der Waals surface area contributed by atoms with E-state index in [2.05, 4.69) is 41.4 Å². The van der Waals surface area contributed by atoms with Gasteiger partial charge in [-0.2, -0.15) is 0 Å². The zero-order valence-corrected chi connectivity index (χ0v) is 13.4. The number of amides is 1. The molecule has 0 bridgehead atoms. The maximum atomic E-state index is 11.1. The number of aromatic nitrogens is 2. The van der Waals surface area contributed by atoms with Crippen molar-refractivity contribution in [2.45, 2.75) is 32.7 Å². The number of nitrogens with zero attached hydrogens (tertiary/aromatic N) is 3. The van der Waals surface area contributed by atoms with Crippen LogP contribution < -0.4 is 15.5 Å². The van der Waals surface area contributed by atoms with Crippen molar-refractivity contribution in [3.05, 3.63) is 10.8 Å². The van der Waals surface area contributed by atoms with Gasteiger partial charge in [0.2, 0.25) is 5.91 Å². The van der Waals surface area contributed by atoms with E-state index in [9.17, 15) is 4.79 Å². The third-order valence-corrected chi connectivity index (χ3v) is 4.05. The molecule has 1 aliphatic rings. The van der Waals surface area contributed by atoms with Gasteiger partial charge in [-0.15, -0.1) is 0 Å². The average molecular weight is 342 g/mol. The summed E-state index contributed by atoms with van der Waals surface area (Å²) in [5.41, 5.74) is 0. The van der Waals surface area contributed by atoms with Gasteiger partial charge >= 0.3 is 0 Å². The van der Waals surface area contributed by atoms with Crippen LogP contribution in [0.25, 0.3) is 0 Å². The Labute approximate surface area is 127 Å². The maximum Gasteiger partial charge on any atom is 0.217 e. The second-order valence-electron chi connectivity index (χ2n) is 4.85. The van der Waals surface area contributed by atoms with Crippen molar-refractivity contribution in [3.8, 4) is 0 Å². The van der Waals surface area contributed by atoms with Crippen LogP contribution in [0.4, 0.5) is 11.6 Å². The van der Waals surface area contributed by atoms with Crippen molar-refractivity contribution in [2.75, 3.05) is 29.9 Å². The van der Waals surface area contributed by atoms with Crippen LogP contribution in [0, 0.1) is 0 Å². The smallest absolute Gasteiger partial charge is 0.217 e. The molecule has 0 aromatic carbocycles. The van der Waals surface area contributed by atoms with Crippen molar-refractivity contribution in [3.63, 3.8) is 0 Å². The number of hydrogen-bond donors (Lipinski definition) is 2. The molecule has 7 heteroatoms. The molecule has 1 aliphatic heterocycles. The predicted octanol–water partition coefficient (Wildman–Crippen LogP) is 1.78. The Bertz CT molecular complexity index is 474. The molecule has 2 N–H and O–H groups in total. The van der Waals surface area contributed by atoms with E-state index in [1.165, 1.54) is 0 Å². The summed E-state index contributed by atoms with van der Waals surface area (Å²) < 4.78 is 0.903. The fraction of sp³-hybridized carbons (Fsp3) is 0.615. The first-order chi connectivity index (χ1) is 9.61. The van der Waals surface area contributed by atoms with Gasteiger partial charge < -0.3 is 15.5 Å². The number of carbonyl (C=O) groups excluding carboxylic acids is 1. The van der Waals surface area contributed by atoms with Gasteiger partial charge in [0.15, 0.2) is 0 Å². The number of rotatable bonds is 4. The lowest BCUT2D eigenvalue weighted by Crippen LogP contribution is -2.44. The van der Waals surface area contributed by atoms with Gasteiger partial charge in [-0.25, -0.2) is 9.97 Å². The van der Waals surface area contributed by atoms with Gasteiger partial charge in [-0.3, -0.25) is 4.79 Å². The van der Waals surface area contributed by atoms with Crippen molar-refractivity contribution in [1.29, 1.82) is 0 Å². The number of halogens is 1. The van der Waals surface area contributed by atoms with Crippen LogP contribution >= 0.6 is 15.9 Å². The lowest BCUT2D eigenvalue weighted by molar-refractivity contribution is -0.119. The molecule has 1 aromatic rings. The highest BCUT2D eigenvalue weighted by Gasteiger charge is 2.23. The fourth-order valence-electron chi connectivity index (χ4n) is 2.39. The van der Waals surface area contributed by atoms with E-state index in [-0.39, 0.29) is 11.9 Å². The van der Waals surface area contributed by atoms with Crippen LogP contribution in [0.2, 0.25) is 0 Å². The molecule has 0 unspecified atom stereocenters. The molecule has 2 heterocycles. The Kier molecular flexibility index (Phi) is 5.17. The molecular formula is C13H20BrN5O. The van der Waals surface area contributed by atoms with Gasteiger partial charge in [0.05, 0.1) is 0 Å². The van der Waals surface area contributed by atoms with Crippen molar-refractivity contribution in [1.82, 2.24) is 15.3 Å². The molecule has 110 valence electrons. The third-order valence-electron chi connectivity index (χ3n) is 3.32. The van der Waals surface area contributed by atoms with Crippen LogP contribution in [0.3, 0.4) is 0 Å². The van der Waals surface area contributed by atoms with E-state index in [0.29, 0.717) is 0 Å². The highest BCUT2D eigenvalue weighted by Crippen LogP contribution is 2.30. The number of anilines is 2. The van der Waals surface area contributed by atoms with Crippen molar-refractivity contribution in [2.24, 2.45) is 0 Å². The molecule has 0 atom stereocenters. The van der Waals surface area contributed by atoms with E-state index in [4.69, 9.17) is 0 Å². The highest BCUT2D eigenvalue weighted by molar-refractivity contribution is 9.10. The quantitative estimate of drug-likeness (QED) is 0.873. The largest absolute Gasteiger partial charge is 0.369 e. The molecule has 1 aromatic heterocycles. The Balaban J connectivity index is 2.03. The second kappa shape index (κ2) is 6.88. The SMILES string of the molecule is CCNc1ncnc(N2CCC(NC(C)=O)CC2)c1Br. The van der Waals surface area contributed by atoms with Crippen LogP contribution in [0.1, 0.15) is 26.7 Å². The van der Waals surface area contributed by atoms with Gasteiger partial charge in [0.25, 0.3) is 0 Å². The summed E-state index contributed by atoms with van der Waals surface area (Å²) in [6.07, 6.45) is 3.46. The van der Waals surface area contributed by atoms with Gasteiger partial charge in [0, 0.05) is 32.6 Å². The summed E-state index contributed by atoms with van der Waals surface area (Å²) in [5, 5.41) is 6.19. The van der Waals surface area contributed by atoms with E-state index in [1.807, 2.05) is 6.92 Å². The predicted molar refractivity (Wildman–Crippen MR) is 82.9 cm³/mol. The summed E-state index contributed by atoms with van der Waals surface area (Å²) in [5.74, 6) is 1.78. The number of carbonyl (C=O) groups is 1. The Morgan fingerprint density at radius 3 is 2.75 bits per heavy atom. The molecule has 0 saturated carbocycles. The van der Waals surface area contributed by atoms with Crippen LogP contribution in [-0.2, 0) is 4.79 Å². The highest BCUT2D eigenvalue weighted by atomic mass is 79.9. The number of piperidine rings is 1. The van der Waals surface area contributed by atoms with E-state index in [1.54, 1.807) is 13.3 Å². The van der Waals surface area contributed by atoms with Gasteiger partial charge in [-0.05, 0) is 35.7 Å². The van der Waals surface area contributed by atoms with E-state index in [0.717, 1.165) is 48.6 Å². The minimum Gasteiger partial charge on any atom is -0.369 e. The topological polar surface area (TPSA) is 70.2 Å². The fourth-order valence-corrected chi connectivity index (χ4v) is 2.99. The van der Waals surface area contributed by atoms with Crippen molar-refractivity contribution < 1.29 is 4.79 Å². The monoisotopic (exact) mass is 341 g/mol. The molecular weight excluding hydrogens is 322 g/mol. The molecule has 1 saturated heterocycles. The zero-order chi connectivity index (χ0) is 14.5. The first-order valence-electron chi connectivity index (χ1n) is 6.88. The molecule has 1 amide bonds. The molecule has 0 spiro atoms. The van der Waals surface area contributed by atoms with Crippen LogP contribution in [0.5, 0.6) is 0 Å². The Morgan fingerprint density at radius 1 is 1.45 bits per heavy atom. The lowest BCUT2D eigenvalue weighted by Gasteiger charge is -2.33. The van der Waals surface area contributed by atoms with E-state index >= 15 is 0 Å². The Morgan fingerprint density at radius 2 is 2.15 bits per heavy atom. The normalized spacial score (nSPS) is 16.1. The standard InChI is InChI=1S/C13H20BrN5O/c1-3-15-12-11(14)13(17-8-16-12)19-6-4-10(5-7-19)18-9(2)20/h8,10H,3-7H2,1-2H3,(H,18,20)(H,15,16,17). The van der Waals surface area contributed by atoms with Gasteiger partial charge in [0.1, 0.15) is 22.4 Å². The third kappa shape index (κ3) is 3.59. The molecule has 6 nitrogen and oxygen atoms in total. The summed E-state index contributed by atoms with van der Waals surface area (Å²) in [7, 11) is 0. The number of hydrogen-bond acceptors (Lipinski definition) is 5. The summed E-state index contributed by atoms with van der Waals surface area (Å²) in [4.78, 5) is 21.9. The minimum atomic E-state index is 0.0427. The van der Waals surface area contributed by atoms with Crippen LogP contribution in [0.15, 0.2) is 10.8 Å². The summed E-state index contributed by atoms with van der Waals surface area (Å²) >= 11 is 3.57. The van der Waals surface area contributed by atoms with Gasteiger partial charge in [-0.1, -0.05) is 0 Å². The molecule has 20 heavy (non-hydrogen) atoms. The molecule has 0 aliphatic carbocycles.